The van der Waals surface area contributed by atoms with Gasteiger partial charge in [-0.1, -0.05) is 18.2 Å². The van der Waals surface area contributed by atoms with Gasteiger partial charge in [0.15, 0.2) is 0 Å². The highest BCUT2D eigenvalue weighted by Gasteiger charge is 2.17. The highest BCUT2D eigenvalue weighted by molar-refractivity contribution is 8.13. The summed E-state index contributed by atoms with van der Waals surface area (Å²) in [4.78, 5) is 0.0585. The summed E-state index contributed by atoms with van der Waals surface area (Å²) in [5.74, 6) is 0.814. The van der Waals surface area contributed by atoms with Gasteiger partial charge in [0.1, 0.15) is 10.6 Å². The number of benzene rings is 1. The summed E-state index contributed by atoms with van der Waals surface area (Å²) in [5.41, 5.74) is 0.541. The second-order valence-electron chi connectivity index (χ2n) is 4.27. The maximum atomic E-state index is 11.3. The summed E-state index contributed by atoms with van der Waals surface area (Å²) in [6, 6.07) is 9.51. The molecule has 7 heteroatoms. The summed E-state index contributed by atoms with van der Waals surface area (Å²) in [7, 11) is 1.58. The SMILES string of the molecule is Cc1c(S(=O)(=O)Cl)cnn1CCCOc1ccccc1. The Morgan fingerprint density at radius 2 is 2.00 bits per heavy atom. The predicted octanol–water partition coefficient (Wildman–Crippen LogP) is 2.59. The maximum Gasteiger partial charge on any atom is 0.264 e. The number of hydrogen-bond donors (Lipinski definition) is 0. The van der Waals surface area contributed by atoms with Crippen molar-refractivity contribution >= 4 is 19.7 Å². The van der Waals surface area contributed by atoms with Gasteiger partial charge in [-0.15, -0.1) is 0 Å². The molecule has 1 aromatic carbocycles. The molecule has 0 bridgehead atoms. The average Bonchev–Trinajstić information content (AvgIpc) is 2.77. The zero-order valence-electron chi connectivity index (χ0n) is 11.0. The van der Waals surface area contributed by atoms with Crippen LogP contribution in [0.1, 0.15) is 12.1 Å². The molecule has 0 unspecified atom stereocenters. The zero-order chi connectivity index (χ0) is 14.6. The first-order valence-electron chi connectivity index (χ1n) is 6.13. The lowest BCUT2D eigenvalue weighted by Gasteiger charge is -2.07. The van der Waals surface area contributed by atoms with E-state index in [0.29, 0.717) is 18.8 Å². The molecule has 20 heavy (non-hydrogen) atoms. The molecule has 0 N–H and O–H groups in total. The highest BCUT2D eigenvalue weighted by Crippen LogP contribution is 2.18. The number of rotatable bonds is 6. The van der Waals surface area contributed by atoms with Crippen LogP contribution in [-0.2, 0) is 15.6 Å². The summed E-state index contributed by atoms with van der Waals surface area (Å²) >= 11 is 0. The summed E-state index contributed by atoms with van der Waals surface area (Å²) in [6.07, 6.45) is 1.99. The molecule has 1 aromatic heterocycles. The van der Waals surface area contributed by atoms with Crippen molar-refractivity contribution < 1.29 is 13.2 Å². The third-order valence-corrected chi connectivity index (χ3v) is 4.27. The van der Waals surface area contributed by atoms with Crippen LogP contribution in [0.3, 0.4) is 0 Å². The van der Waals surface area contributed by atoms with E-state index in [1.54, 1.807) is 11.6 Å². The third-order valence-electron chi connectivity index (χ3n) is 2.85. The molecule has 0 fully saturated rings. The van der Waals surface area contributed by atoms with E-state index in [1.165, 1.54) is 6.20 Å². The number of halogens is 1. The van der Waals surface area contributed by atoms with Gasteiger partial charge in [-0.05, 0) is 19.1 Å². The van der Waals surface area contributed by atoms with Gasteiger partial charge < -0.3 is 4.74 Å². The van der Waals surface area contributed by atoms with Crippen molar-refractivity contribution in [3.63, 3.8) is 0 Å². The van der Waals surface area contributed by atoms with E-state index >= 15 is 0 Å². The van der Waals surface area contributed by atoms with Crippen LogP contribution in [0.2, 0.25) is 0 Å². The summed E-state index contributed by atoms with van der Waals surface area (Å²) in [5, 5.41) is 4.02. The molecule has 2 aromatic rings. The van der Waals surface area contributed by atoms with E-state index in [4.69, 9.17) is 15.4 Å². The lowest BCUT2D eigenvalue weighted by Crippen LogP contribution is -2.07. The number of aromatic nitrogens is 2. The lowest BCUT2D eigenvalue weighted by molar-refractivity contribution is 0.298. The Bertz CT molecular complexity index is 668. The van der Waals surface area contributed by atoms with Crippen molar-refractivity contribution in [2.24, 2.45) is 0 Å². The Balaban J connectivity index is 1.88. The summed E-state index contributed by atoms with van der Waals surface area (Å²) < 4.78 is 29.7. The minimum Gasteiger partial charge on any atom is -0.494 e. The standard InChI is InChI=1S/C13H15ClN2O3S/c1-11-13(20(14,17)18)10-15-16(11)8-5-9-19-12-6-3-2-4-7-12/h2-4,6-7,10H,5,8-9H2,1H3. The first-order chi connectivity index (χ1) is 9.48. The normalized spacial score (nSPS) is 11.5. The fraction of sp³-hybridized carbons (Fsp3) is 0.308. The van der Waals surface area contributed by atoms with Crippen LogP contribution in [0.15, 0.2) is 41.4 Å². The van der Waals surface area contributed by atoms with Crippen molar-refractivity contribution in [2.75, 3.05) is 6.61 Å². The van der Waals surface area contributed by atoms with E-state index < -0.39 is 9.05 Å². The second kappa shape index (κ2) is 6.28. The molecule has 1 heterocycles. The van der Waals surface area contributed by atoms with Gasteiger partial charge in [-0.2, -0.15) is 5.10 Å². The fourth-order valence-corrected chi connectivity index (χ4v) is 2.90. The van der Waals surface area contributed by atoms with Crippen LogP contribution in [0.25, 0.3) is 0 Å². The Labute approximate surface area is 122 Å². The highest BCUT2D eigenvalue weighted by atomic mass is 35.7. The van der Waals surface area contributed by atoms with Gasteiger partial charge in [0.25, 0.3) is 9.05 Å². The number of ether oxygens (including phenoxy) is 1. The third kappa shape index (κ3) is 3.74. The molecular formula is C13H15ClN2O3S. The van der Waals surface area contributed by atoms with E-state index in [1.807, 2.05) is 30.3 Å². The monoisotopic (exact) mass is 314 g/mol. The van der Waals surface area contributed by atoms with Crippen LogP contribution < -0.4 is 4.74 Å². The Kier molecular flexibility index (Phi) is 4.67. The molecule has 0 atom stereocenters. The second-order valence-corrected chi connectivity index (χ2v) is 6.80. The van der Waals surface area contributed by atoms with Crippen molar-refractivity contribution in [3.8, 4) is 5.75 Å². The Morgan fingerprint density at radius 1 is 1.30 bits per heavy atom. The van der Waals surface area contributed by atoms with Gasteiger partial charge in [0, 0.05) is 23.6 Å². The van der Waals surface area contributed by atoms with Crippen molar-refractivity contribution in [1.82, 2.24) is 9.78 Å². The zero-order valence-corrected chi connectivity index (χ0v) is 12.6. The molecule has 108 valence electrons. The largest absolute Gasteiger partial charge is 0.494 e. The quantitative estimate of drug-likeness (QED) is 0.607. The van der Waals surface area contributed by atoms with Gasteiger partial charge in [0.05, 0.1) is 18.5 Å². The molecule has 0 aliphatic heterocycles. The number of nitrogens with zero attached hydrogens (tertiary/aromatic N) is 2. The molecule has 2 rings (SSSR count). The van der Waals surface area contributed by atoms with Gasteiger partial charge in [-0.3, -0.25) is 4.68 Å². The lowest BCUT2D eigenvalue weighted by atomic mass is 10.3. The average molecular weight is 315 g/mol. The topological polar surface area (TPSA) is 61.2 Å². The molecule has 5 nitrogen and oxygen atoms in total. The molecular weight excluding hydrogens is 300 g/mol. The van der Waals surface area contributed by atoms with Crippen molar-refractivity contribution in [2.45, 2.75) is 24.8 Å². The van der Waals surface area contributed by atoms with E-state index in [-0.39, 0.29) is 4.90 Å². The van der Waals surface area contributed by atoms with Gasteiger partial charge in [0.2, 0.25) is 0 Å². The Hall–Kier alpha value is -1.53. The first kappa shape index (κ1) is 14.9. The molecule has 0 aliphatic carbocycles. The molecule has 0 amide bonds. The Morgan fingerprint density at radius 3 is 2.60 bits per heavy atom. The van der Waals surface area contributed by atoms with Crippen LogP contribution >= 0.6 is 10.7 Å². The summed E-state index contributed by atoms with van der Waals surface area (Å²) in [6.45, 7) is 2.79. The smallest absolute Gasteiger partial charge is 0.264 e. The molecule has 0 radical (unpaired) electrons. The molecule has 0 aliphatic rings. The van der Waals surface area contributed by atoms with Crippen LogP contribution in [0.4, 0.5) is 0 Å². The minimum absolute atomic E-state index is 0.0585. The predicted molar refractivity (Wildman–Crippen MR) is 76.6 cm³/mol. The van der Waals surface area contributed by atoms with E-state index in [9.17, 15) is 8.42 Å². The van der Waals surface area contributed by atoms with E-state index in [0.717, 1.165) is 12.2 Å². The van der Waals surface area contributed by atoms with Crippen LogP contribution in [-0.4, -0.2) is 24.8 Å². The maximum absolute atomic E-state index is 11.3. The number of aryl methyl sites for hydroxylation is 1. The molecule has 0 spiro atoms. The van der Waals surface area contributed by atoms with Crippen LogP contribution in [0, 0.1) is 6.92 Å². The van der Waals surface area contributed by atoms with Crippen molar-refractivity contribution in [1.29, 1.82) is 0 Å². The first-order valence-corrected chi connectivity index (χ1v) is 8.44. The van der Waals surface area contributed by atoms with Crippen LogP contribution in [0.5, 0.6) is 5.75 Å². The van der Waals surface area contributed by atoms with Crippen molar-refractivity contribution in [3.05, 3.63) is 42.2 Å². The van der Waals surface area contributed by atoms with Gasteiger partial charge >= 0.3 is 0 Å². The molecule has 0 saturated carbocycles. The van der Waals surface area contributed by atoms with E-state index in [2.05, 4.69) is 5.10 Å². The number of hydrogen-bond acceptors (Lipinski definition) is 4. The molecule has 0 saturated heterocycles. The van der Waals surface area contributed by atoms with Gasteiger partial charge in [-0.25, -0.2) is 8.42 Å². The number of para-hydroxylation sites is 1. The minimum atomic E-state index is -3.73. The fourth-order valence-electron chi connectivity index (χ4n) is 1.82.